The van der Waals surface area contributed by atoms with Crippen molar-refractivity contribution in [2.75, 3.05) is 6.61 Å². The van der Waals surface area contributed by atoms with Gasteiger partial charge in [-0.15, -0.1) is 0 Å². The first kappa shape index (κ1) is 20.6. The third-order valence-corrected chi connectivity index (χ3v) is 6.35. The minimum atomic E-state index is -0.419. The first-order valence-corrected chi connectivity index (χ1v) is 9.94. The monoisotopic (exact) mass is 358 g/mol. The summed E-state index contributed by atoms with van der Waals surface area (Å²) in [6.07, 6.45) is 5.83. The molecule has 26 heavy (non-hydrogen) atoms. The molecular weight excluding hydrogens is 324 g/mol. The molecule has 3 nitrogen and oxygen atoms in total. The van der Waals surface area contributed by atoms with E-state index in [0.717, 1.165) is 24.8 Å². The Kier molecular flexibility index (Phi) is 6.61. The van der Waals surface area contributed by atoms with E-state index in [1.807, 2.05) is 26.0 Å². The van der Waals surface area contributed by atoms with Crippen LogP contribution in [0.25, 0.3) is 0 Å². The van der Waals surface area contributed by atoms with E-state index in [0.29, 0.717) is 17.6 Å². The van der Waals surface area contributed by atoms with E-state index in [-0.39, 0.29) is 18.0 Å². The number of carbonyl (C=O) groups is 1. The van der Waals surface area contributed by atoms with Gasteiger partial charge in [0, 0.05) is 5.56 Å². The molecule has 0 spiro atoms. The van der Waals surface area contributed by atoms with Crippen molar-refractivity contribution < 1.29 is 14.3 Å². The third kappa shape index (κ3) is 5.16. The highest BCUT2D eigenvalue weighted by atomic mass is 16.6. The number of hydrogen-bond acceptors (Lipinski definition) is 3. The van der Waals surface area contributed by atoms with Gasteiger partial charge in [-0.2, -0.15) is 0 Å². The van der Waals surface area contributed by atoms with Crippen LogP contribution in [0.2, 0.25) is 0 Å². The van der Waals surface area contributed by atoms with Gasteiger partial charge in [-0.05, 0) is 62.1 Å². The number of rotatable bonds is 8. The lowest BCUT2D eigenvalue weighted by Gasteiger charge is -2.31. The second-order valence-electron chi connectivity index (χ2n) is 8.81. The summed E-state index contributed by atoms with van der Waals surface area (Å²) >= 11 is 0. The highest BCUT2D eigenvalue weighted by Crippen LogP contribution is 2.37. The van der Waals surface area contributed by atoms with E-state index in [1.165, 1.54) is 12.8 Å². The Morgan fingerprint density at radius 3 is 2.38 bits per heavy atom. The molecule has 144 valence electrons. The lowest BCUT2D eigenvalue weighted by molar-refractivity contribution is -0.163. The molecule has 0 N–H and O–H groups in total. The Labute approximate surface area is 159 Å². The molecule has 1 aliphatic rings. The van der Waals surface area contributed by atoms with Gasteiger partial charge in [0.05, 0.1) is 0 Å². The van der Waals surface area contributed by atoms with E-state index >= 15 is 0 Å². The first-order valence-electron chi connectivity index (χ1n) is 9.94. The van der Waals surface area contributed by atoms with Gasteiger partial charge in [0.15, 0.2) is 12.4 Å². The summed E-state index contributed by atoms with van der Waals surface area (Å²) in [6.45, 7) is 12.9. The molecule has 0 saturated heterocycles. The van der Waals surface area contributed by atoms with Gasteiger partial charge in [0.25, 0.3) is 0 Å². The van der Waals surface area contributed by atoms with Gasteiger partial charge in [0.1, 0.15) is 5.60 Å². The zero-order valence-electron chi connectivity index (χ0n) is 17.3. The van der Waals surface area contributed by atoms with E-state index < -0.39 is 5.60 Å². The molecule has 1 fully saturated rings. The van der Waals surface area contributed by atoms with Crippen molar-refractivity contribution in [2.45, 2.75) is 85.2 Å². The normalized spacial score (nSPS) is 16.8. The zero-order valence-corrected chi connectivity index (χ0v) is 17.3. The van der Waals surface area contributed by atoms with Crippen LogP contribution in [0.4, 0.5) is 0 Å². The second-order valence-corrected chi connectivity index (χ2v) is 8.81. The molecule has 0 amide bonds. The predicted octanol–water partition coefficient (Wildman–Crippen LogP) is 5.72. The van der Waals surface area contributed by atoms with Crippen LogP contribution < -0.4 is 4.74 Å². The molecular formula is C23H34O3. The van der Waals surface area contributed by atoms with Crippen molar-refractivity contribution in [3.05, 3.63) is 29.8 Å². The number of ether oxygens (including phenoxy) is 2. The summed E-state index contributed by atoms with van der Waals surface area (Å²) in [5.74, 6) is 1.05. The molecule has 1 aromatic rings. The van der Waals surface area contributed by atoms with Gasteiger partial charge in [0.2, 0.25) is 0 Å². The molecule has 1 aromatic carbocycles. The maximum absolute atomic E-state index is 12.2. The highest BCUT2D eigenvalue weighted by molar-refractivity contribution is 5.71. The summed E-state index contributed by atoms with van der Waals surface area (Å²) in [4.78, 5) is 12.2. The first-order chi connectivity index (χ1) is 12.2. The maximum Gasteiger partial charge on any atom is 0.344 e. The summed E-state index contributed by atoms with van der Waals surface area (Å²) < 4.78 is 11.2. The van der Waals surface area contributed by atoms with E-state index in [2.05, 4.69) is 39.8 Å². The summed E-state index contributed by atoms with van der Waals surface area (Å²) in [7, 11) is 0. The maximum atomic E-state index is 12.2. The fraction of sp³-hybridized carbons (Fsp3) is 0.696. The Morgan fingerprint density at radius 1 is 1.19 bits per heavy atom. The van der Waals surface area contributed by atoms with Crippen molar-refractivity contribution in [2.24, 2.45) is 11.3 Å². The molecule has 0 heterocycles. The lowest BCUT2D eigenvalue weighted by atomic mass is 9.75. The Bertz CT molecular complexity index is 580. The van der Waals surface area contributed by atoms with Gasteiger partial charge in [-0.25, -0.2) is 4.79 Å². The van der Waals surface area contributed by atoms with E-state index in [9.17, 15) is 4.79 Å². The molecule has 1 saturated carbocycles. The topological polar surface area (TPSA) is 35.5 Å². The molecule has 1 unspecified atom stereocenters. The van der Waals surface area contributed by atoms with Gasteiger partial charge in [-0.3, -0.25) is 0 Å². The number of hydrogen-bond donors (Lipinski definition) is 0. The Balaban J connectivity index is 1.86. The highest BCUT2D eigenvalue weighted by Gasteiger charge is 2.35. The average Bonchev–Trinajstić information content (AvgIpc) is 3.15. The van der Waals surface area contributed by atoms with E-state index in [1.54, 1.807) is 0 Å². The van der Waals surface area contributed by atoms with Crippen molar-refractivity contribution in [1.29, 1.82) is 0 Å². The van der Waals surface area contributed by atoms with Gasteiger partial charge >= 0.3 is 5.97 Å². The fourth-order valence-electron chi connectivity index (χ4n) is 3.61. The van der Waals surface area contributed by atoms with Crippen LogP contribution in [0.15, 0.2) is 12.1 Å². The molecule has 2 rings (SSSR count). The molecule has 0 radical (unpaired) electrons. The van der Waals surface area contributed by atoms with Crippen LogP contribution in [0.5, 0.6) is 5.75 Å². The second kappa shape index (κ2) is 8.33. The molecule has 3 heteroatoms. The standard InChI is InChI=1S/C23H34O3/c1-7-22(3,4)17(2)18-12-14-20(15-13-18)25-16-21(24)26-23(5,6)19-10-8-9-11-19/h12,14,17,19H,7-11,16H2,1-6H3. The molecule has 0 bridgehead atoms. The molecule has 1 aliphatic carbocycles. The summed E-state index contributed by atoms with van der Waals surface area (Å²) in [5, 5.41) is 0. The van der Waals surface area contributed by atoms with Gasteiger partial charge in [-0.1, -0.05) is 53.0 Å². The number of esters is 1. The lowest BCUT2D eigenvalue weighted by Crippen LogP contribution is -2.37. The molecule has 0 aliphatic heterocycles. The van der Waals surface area contributed by atoms with Crippen LogP contribution in [0.1, 0.15) is 85.1 Å². The minimum absolute atomic E-state index is 0.0875. The molecule has 0 aromatic heterocycles. The van der Waals surface area contributed by atoms with Crippen LogP contribution in [-0.4, -0.2) is 18.2 Å². The molecule has 1 atom stereocenters. The quantitative estimate of drug-likeness (QED) is 0.558. The Morgan fingerprint density at radius 2 is 1.85 bits per heavy atom. The summed E-state index contributed by atoms with van der Waals surface area (Å²) in [6, 6.07) is 10.1. The third-order valence-electron chi connectivity index (χ3n) is 6.35. The fourth-order valence-corrected chi connectivity index (χ4v) is 3.61. The van der Waals surface area contributed by atoms with E-state index in [4.69, 9.17) is 9.47 Å². The van der Waals surface area contributed by atoms with Crippen molar-refractivity contribution in [1.82, 2.24) is 0 Å². The largest absolute Gasteiger partial charge is 0.474 e. The SMILES string of the molecule is CCC(C)(C)C(C)c1c#cc(OCC(=O)OC(C)(C)C2CCCC2)cc1. The minimum Gasteiger partial charge on any atom is -0.474 e. The van der Waals surface area contributed by atoms with Crippen LogP contribution in [0, 0.1) is 23.5 Å². The summed E-state index contributed by atoms with van der Waals surface area (Å²) in [5.41, 5.74) is 0.911. The number of carbonyl (C=O) groups excluding carboxylic acids is 1. The van der Waals surface area contributed by atoms with Crippen molar-refractivity contribution in [3.8, 4) is 5.75 Å². The van der Waals surface area contributed by atoms with Crippen LogP contribution in [-0.2, 0) is 9.53 Å². The average molecular weight is 359 g/mol. The van der Waals surface area contributed by atoms with Crippen molar-refractivity contribution >= 4 is 5.97 Å². The van der Waals surface area contributed by atoms with Gasteiger partial charge < -0.3 is 9.47 Å². The predicted molar refractivity (Wildman–Crippen MR) is 104 cm³/mol. The van der Waals surface area contributed by atoms with Crippen LogP contribution in [0.3, 0.4) is 0 Å². The van der Waals surface area contributed by atoms with Crippen LogP contribution >= 0.6 is 0 Å². The van der Waals surface area contributed by atoms with Crippen molar-refractivity contribution in [3.63, 3.8) is 0 Å². The Hall–Kier alpha value is -1.69. The zero-order chi connectivity index (χ0) is 19.4. The smallest absolute Gasteiger partial charge is 0.344 e.